The Morgan fingerprint density at radius 3 is 2.15 bits per heavy atom. The number of aliphatic hydroxyl groups excluding tert-OH is 2. The number of rotatable bonds is 15. The molecule has 3 aromatic rings. The number of nitrogens with zero attached hydrogens (tertiary/aromatic N) is 1. The highest BCUT2D eigenvalue weighted by Crippen LogP contribution is 2.50. The molecule has 4 N–H and O–H groups in total. The topological polar surface area (TPSA) is 188 Å². The Morgan fingerprint density at radius 2 is 1.53 bits per heavy atom. The first kappa shape index (κ1) is 36.1. The second kappa shape index (κ2) is 14.6. The molecule has 12 nitrogen and oxygen atoms in total. The van der Waals surface area contributed by atoms with Gasteiger partial charge in [-0.2, -0.15) is 8.42 Å². The molecule has 0 saturated heterocycles. The quantitative estimate of drug-likeness (QED) is 0.132. The summed E-state index contributed by atoms with van der Waals surface area (Å²) in [7, 11) is -11.7. The number of hydrogen-bond donors (Lipinski definition) is 4. The van der Waals surface area contributed by atoms with Crippen molar-refractivity contribution in [3.63, 3.8) is 0 Å². The van der Waals surface area contributed by atoms with Crippen molar-refractivity contribution in [2.75, 3.05) is 53.8 Å². The van der Waals surface area contributed by atoms with Crippen LogP contribution in [0.2, 0.25) is 0 Å². The Hall–Kier alpha value is -3.73. The van der Waals surface area contributed by atoms with Gasteiger partial charge < -0.3 is 25.2 Å². The zero-order chi connectivity index (χ0) is 34.6. The van der Waals surface area contributed by atoms with Crippen molar-refractivity contribution in [2.24, 2.45) is 0 Å². The van der Waals surface area contributed by atoms with Crippen LogP contribution in [0, 0.1) is 0 Å². The molecular formula is C32H38N2O10S3. The largest absolute Gasteiger partial charge is 0.457 e. The zero-order valence-electron chi connectivity index (χ0n) is 26.0. The summed E-state index contributed by atoms with van der Waals surface area (Å²) in [6.07, 6.45) is 1.37. The minimum absolute atomic E-state index is 0.0661. The van der Waals surface area contributed by atoms with E-state index in [4.69, 9.17) is 9.84 Å². The van der Waals surface area contributed by atoms with Crippen LogP contribution < -0.4 is 15.0 Å². The van der Waals surface area contributed by atoms with Crippen LogP contribution in [0.3, 0.4) is 0 Å². The Bertz CT molecular complexity index is 2010. The first-order valence-electron chi connectivity index (χ1n) is 14.7. The summed E-state index contributed by atoms with van der Waals surface area (Å²) < 4.78 is 90.2. The second-order valence-electron chi connectivity index (χ2n) is 10.8. The lowest BCUT2D eigenvalue weighted by atomic mass is 9.81. The minimum Gasteiger partial charge on any atom is -0.457 e. The highest BCUT2D eigenvalue weighted by atomic mass is 32.2. The van der Waals surface area contributed by atoms with Crippen molar-refractivity contribution in [1.82, 2.24) is 0 Å². The van der Waals surface area contributed by atoms with Crippen molar-refractivity contribution in [3.8, 4) is 11.5 Å². The number of aliphatic hydroxyl groups is 2. The summed E-state index contributed by atoms with van der Waals surface area (Å²) in [5.41, 5.74) is 3.16. The number of ether oxygens (including phenoxy) is 1. The molecule has 47 heavy (non-hydrogen) atoms. The molecule has 0 saturated carbocycles. The number of allylic oxidation sites excluding steroid dienone is 3. The van der Waals surface area contributed by atoms with Crippen molar-refractivity contribution in [3.05, 3.63) is 94.9 Å². The van der Waals surface area contributed by atoms with E-state index in [9.17, 15) is 34.9 Å². The third-order valence-electron chi connectivity index (χ3n) is 7.80. The van der Waals surface area contributed by atoms with E-state index in [1.807, 2.05) is 11.8 Å². The summed E-state index contributed by atoms with van der Waals surface area (Å²) in [4.78, 5) is 1.65. The molecule has 15 heteroatoms. The molecule has 0 radical (unpaired) electrons. The monoisotopic (exact) mass is 706 g/mol. The predicted molar refractivity (Wildman–Crippen MR) is 182 cm³/mol. The van der Waals surface area contributed by atoms with Crippen molar-refractivity contribution in [1.29, 1.82) is 0 Å². The summed E-state index contributed by atoms with van der Waals surface area (Å²) in [5.74, 6) is -0.953. The number of benzene rings is 3. The summed E-state index contributed by atoms with van der Waals surface area (Å²) in [6.45, 7) is 6.53. The molecule has 1 atom stereocenters. The molecule has 0 aliphatic carbocycles. The summed E-state index contributed by atoms with van der Waals surface area (Å²) >= 11 is 0. The minimum atomic E-state index is -4.58. The fourth-order valence-corrected chi connectivity index (χ4v) is 7.87. The highest BCUT2D eigenvalue weighted by molar-refractivity contribution is 7.91. The maximum Gasteiger partial charge on any atom is 0.290 e. The molecule has 1 unspecified atom stereocenters. The van der Waals surface area contributed by atoms with Crippen molar-refractivity contribution >= 4 is 46.9 Å². The normalized spacial score (nSPS) is 15.1. The van der Waals surface area contributed by atoms with E-state index in [0.717, 1.165) is 0 Å². The molecule has 1 heterocycles. The number of anilines is 3. The highest BCUT2D eigenvalue weighted by Gasteiger charge is 2.33. The van der Waals surface area contributed by atoms with E-state index >= 15 is 0 Å². The third kappa shape index (κ3) is 8.23. The van der Waals surface area contributed by atoms with Crippen LogP contribution in [0.15, 0.2) is 88.7 Å². The maximum absolute atomic E-state index is 12.6. The summed E-state index contributed by atoms with van der Waals surface area (Å²) in [5, 5.41) is 21.3. The van der Waals surface area contributed by atoms with Crippen LogP contribution in [-0.4, -0.2) is 83.6 Å². The second-order valence-corrected chi connectivity index (χ2v) is 16.8. The maximum atomic E-state index is 12.6. The molecule has 4 rings (SSSR count). The molecule has 0 amide bonds. The Kier molecular flexibility index (Phi) is 11.2. The van der Waals surface area contributed by atoms with Crippen LogP contribution in [0.4, 0.5) is 17.1 Å². The molecule has 254 valence electrons. The van der Waals surface area contributed by atoms with Crippen LogP contribution in [0.5, 0.6) is 11.5 Å². The van der Waals surface area contributed by atoms with E-state index in [0.29, 0.717) is 46.2 Å². The van der Waals surface area contributed by atoms with Crippen molar-refractivity contribution < 1.29 is 44.8 Å². The van der Waals surface area contributed by atoms with Gasteiger partial charge in [-0.25, -0.2) is 16.8 Å². The third-order valence-corrected chi connectivity index (χ3v) is 12.1. The first-order valence-corrected chi connectivity index (χ1v) is 19.6. The lowest BCUT2D eigenvalue weighted by Crippen LogP contribution is -2.20. The lowest BCUT2D eigenvalue weighted by Gasteiger charge is -2.32. The lowest BCUT2D eigenvalue weighted by molar-refractivity contribution is 0.319. The van der Waals surface area contributed by atoms with E-state index in [1.165, 1.54) is 25.1 Å². The van der Waals surface area contributed by atoms with Crippen LogP contribution in [0.1, 0.15) is 30.9 Å². The first-order chi connectivity index (χ1) is 22.2. The molecular weight excluding hydrogens is 669 g/mol. The van der Waals surface area contributed by atoms with Gasteiger partial charge in [-0.05, 0) is 49.8 Å². The van der Waals surface area contributed by atoms with Gasteiger partial charge in [0.15, 0.2) is 19.7 Å². The fraction of sp³-hybridized carbons (Fsp3) is 0.312. The molecule has 3 aromatic carbocycles. The van der Waals surface area contributed by atoms with Crippen LogP contribution in [-0.2, 0) is 29.8 Å². The molecule has 0 aromatic heterocycles. The average Bonchev–Trinajstić information content (AvgIpc) is 3.00. The van der Waals surface area contributed by atoms with Gasteiger partial charge in [-0.1, -0.05) is 30.9 Å². The standard InChI is InChI=1S/C32H38N2O10S3/c1-4-27(22(3)47(41,42)43)32-28-11-9-23(33-13-16-45(37,38)17-14-35)19-30(28)44-31-21-25(10-12-29(31)32)34(5-2)24-7-6-8-26(20-24)46(39,40)18-15-36/h4,6-12,19-21,32-33,35-36H,1,5,13-18H2,2-3H3,(H,41,42,43). The van der Waals surface area contributed by atoms with E-state index < -0.39 is 54.7 Å². The molecule has 0 bridgehead atoms. The van der Waals surface area contributed by atoms with Crippen LogP contribution >= 0.6 is 0 Å². The number of sulfone groups is 2. The van der Waals surface area contributed by atoms with Gasteiger partial charge in [0.1, 0.15) is 11.5 Å². The van der Waals surface area contributed by atoms with Gasteiger partial charge in [0.2, 0.25) is 0 Å². The smallest absolute Gasteiger partial charge is 0.290 e. The van der Waals surface area contributed by atoms with Crippen molar-refractivity contribution in [2.45, 2.75) is 24.7 Å². The fourth-order valence-electron chi connectivity index (χ4n) is 5.41. The van der Waals surface area contributed by atoms with E-state index in [2.05, 4.69) is 11.9 Å². The number of fused-ring (bicyclic) bond motifs is 2. The SMILES string of the molecule is C=CC(=C(C)S(=O)(=O)O)C1c2ccc(NCCS(=O)(=O)CCO)cc2Oc2cc(N(CC)c3cccc(S(=O)(=O)CCO)c3)ccc21. The van der Waals surface area contributed by atoms with Gasteiger partial charge in [0.25, 0.3) is 10.1 Å². The molecule has 0 fully saturated rings. The van der Waals surface area contributed by atoms with Gasteiger partial charge in [0.05, 0.1) is 40.3 Å². The Morgan fingerprint density at radius 1 is 0.894 bits per heavy atom. The molecule has 1 aliphatic rings. The van der Waals surface area contributed by atoms with Gasteiger partial charge in [-0.3, -0.25) is 4.55 Å². The number of nitrogens with one attached hydrogen (secondary N) is 1. The van der Waals surface area contributed by atoms with Crippen LogP contribution in [0.25, 0.3) is 0 Å². The Labute approximate surface area is 275 Å². The van der Waals surface area contributed by atoms with Gasteiger partial charge in [0, 0.05) is 59.3 Å². The van der Waals surface area contributed by atoms with Gasteiger partial charge >= 0.3 is 0 Å². The number of hydrogen-bond acceptors (Lipinski definition) is 11. The zero-order valence-corrected chi connectivity index (χ0v) is 28.4. The summed E-state index contributed by atoms with van der Waals surface area (Å²) in [6, 6.07) is 16.8. The predicted octanol–water partition coefficient (Wildman–Crippen LogP) is 4.02. The average molecular weight is 707 g/mol. The van der Waals surface area contributed by atoms with E-state index in [-0.39, 0.29) is 33.4 Å². The molecule has 0 spiro atoms. The Balaban J connectivity index is 1.80. The van der Waals surface area contributed by atoms with E-state index in [1.54, 1.807) is 48.5 Å². The molecule has 1 aliphatic heterocycles. The van der Waals surface area contributed by atoms with Gasteiger partial charge in [-0.15, -0.1) is 0 Å².